The van der Waals surface area contributed by atoms with Crippen molar-refractivity contribution in [3.05, 3.63) is 22.7 Å². The third kappa shape index (κ3) is 5.06. The summed E-state index contributed by atoms with van der Waals surface area (Å²) < 4.78 is 11.0. The molecular formula is C18H29ClNO2+. The first kappa shape index (κ1) is 17.4. The van der Waals surface area contributed by atoms with Crippen molar-refractivity contribution in [3.8, 4) is 11.5 Å². The highest BCUT2D eigenvalue weighted by Gasteiger charge is 2.16. The number of hydrogen-bond donors (Lipinski definition) is 1. The van der Waals surface area contributed by atoms with Crippen molar-refractivity contribution in [3.63, 3.8) is 0 Å². The molecule has 124 valence electrons. The van der Waals surface area contributed by atoms with Crippen molar-refractivity contribution in [2.45, 2.75) is 64.5 Å². The number of nitrogens with two attached hydrogens (primary N) is 1. The average Bonchev–Trinajstić information content (AvgIpc) is 2.46. The molecule has 0 bridgehead atoms. The second-order valence-electron chi connectivity index (χ2n) is 6.09. The predicted molar refractivity (Wildman–Crippen MR) is 90.9 cm³/mol. The van der Waals surface area contributed by atoms with Crippen molar-refractivity contribution in [1.82, 2.24) is 0 Å². The molecule has 0 atom stereocenters. The number of benzene rings is 1. The van der Waals surface area contributed by atoms with Gasteiger partial charge in [-0.1, -0.05) is 30.9 Å². The van der Waals surface area contributed by atoms with Crippen molar-refractivity contribution >= 4 is 11.6 Å². The summed E-state index contributed by atoms with van der Waals surface area (Å²) in [7, 11) is 1.63. The summed E-state index contributed by atoms with van der Waals surface area (Å²) in [6, 6.07) is 4.81. The lowest BCUT2D eigenvalue weighted by atomic mass is 9.96. The molecule has 2 N–H and O–H groups in total. The third-order valence-corrected chi connectivity index (χ3v) is 4.69. The molecule has 0 unspecified atom stereocenters. The first-order valence-corrected chi connectivity index (χ1v) is 8.95. The number of ether oxygens (including phenoxy) is 2. The van der Waals surface area contributed by atoms with Gasteiger partial charge in [-0.3, -0.25) is 0 Å². The molecule has 0 aromatic heterocycles. The first-order valence-electron chi connectivity index (χ1n) is 8.57. The molecule has 0 spiro atoms. The summed E-state index contributed by atoms with van der Waals surface area (Å²) in [4.78, 5) is 0. The standard InChI is InChI=1S/C18H28ClNO2/c1-3-22-17-12-14(11-16(19)18(17)21-2)13-20-15-9-7-5-4-6-8-10-15/h11-12,15,20H,3-10,13H2,1-2H3/p+1. The van der Waals surface area contributed by atoms with E-state index in [0.29, 0.717) is 17.4 Å². The lowest BCUT2D eigenvalue weighted by Crippen LogP contribution is -2.88. The van der Waals surface area contributed by atoms with Crippen LogP contribution < -0.4 is 14.8 Å². The van der Waals surface area contributed by atoms with Crippen LogP contribution in [0.15, 0.2) is 12.1 Å². The Morgan fingerprint density at radius 3 is 2.45 bits per heavy atom. The molecular weight excluding hydrogens is 298 g/mol. The summed E-state index contributed by atoms with van der Waals surface area (Å²) >= 11 is 6.32. The summed E-state index contributed by atoms with van der Waals surface area (Å²) in [5, 5.41) is 3.11. The summed E-state index contributed by atoms with van der Waals surface area (Å²) in [6.45, 7) is 3.54. The van der Waals surface area contributed by atoms with Gasteiger partial charge in [0.1, 0.15) is 6.54 Å². The Morgan fingerprint density at radius 2 is 1.82 bits per heavy atom. The minimum Gasteiger partial charge on any atom is -0.491 e. The van der Waals surface area contributed by atoms with Gasteiger partial charge >= 0.3 is 0 Å². The number of halogens is 1. The Hall–Kier alpha value is -0.930. The molecule has 0 saturated heterocycles. The summed E-state index contributed by atoms with van der Waals surface area (Å²) in [6.07, 6.45) is 9.62. The van der Waals surface area contributed by atoms with Crippen LogP contribution in [-0.2, 0) is 6.54 Å². The van der Waals surface area contributed by atoms with Crippen LogP contribution in [0, 0.1) is 0 Å². The topological polar surface area (TPSA) is 35.1 Å². The zero-order chi connectivity index (χ0) is 15.8. The molecule has 3 nitrogen and oxygen atoms in total. The van der Waals surface area contributed by atoms with Gasteiger partial charge in [0.25, 0.3) is 0 Å². The lowest BCUT2D eigenvalue weighted by Gasteiger charge is -2.19. The first-order chi connectivity index (χ1) is 10.7. The molecule has 2 rings (SSSR count). The third-order valence-electron chi connectivity index (χ3n) is 4.41. The van der Waals surface area contributed by atoms with Gasteiger partial charge in [-0.15, -0.1) is 0 Å². The van der Waals surface area contributed by atoms with Gasteiger partial charge in [-0.25, -0.2) is 0 Å². The van der Waals surface area contributed by atoms with Crippen LogP contribution in [0.1, 0.15) is 57.4 Å². The average molecular weight is 327 g/mol. The number of methoxy groups -OCH3 is 1. The fourth-order valence-corrected chi connectivity index (χ4v) is 3.54. The largest absolute Gasteiger partial charge is 0.491 e. The van der Waals surface area contributed by atoms with Gasteiger partial charge in [-0.05, 0) is 44.7 Å². The molecule has 1 aliphatic rings. The molecule has 1 fully saturated rings. The summed E-state index contributed by atoms with van der Waals surface area (Å²) in [5.74, 6) is 1.39. The Labute approximate surface area is 139 Å². The van der Waals surface area contributed by atoms with E-state index in [2.05, 4.69) is 11.4 Å². The smallest absolute Gasteiger partial charge is 0.179 e. The summed E-state index contributed by atoms with van der Waals surface area (Å²) in [5.41, 5.74) is 1.20. The van der Waals surface area contributed by atoms with Gasteiger partial charge in [0, 0.05) is 5.56 Å². The van der Waals surface area contributed by atoms with Crippen LogP contribution in [0.5, 0.6) is 11.5 Å². The van der Waals surface area contributed by atoms with Crippen molar-refractivity contribution in [2.24, 2.45) is 0 Å². The van der Waals surface area contributed by atoms with Gasteiger partial charge < -0.3 is 14.8 Å². The SMILES string of the molecule is CCOc1cc(C[NH2+]C2CCCCCCC2)cc(Cl)c1OC. The molecule has 22 heavy (non-hydrogen) atoms. The second-order valence-corrected chi connectivity index (χ2v) is 6.49. The molecule has 1 aromatic rings. The zero-order valence-electron chi connectivity index (χ0n) is 13.9. The lowest BCUT2D eigenvalue weighted by molar-refractivity contribution is -0.706. The fourth-order valence-electron chi connectivity index (χ4n) is 3.23. The van der Waals surface area contributed by atoms with Crippen LogP contribution in [0.3, 0.4) is 0 Å². The van der Waals surface area contributed by atoms with Gasteiger partial charge in [0.2, 0.25) is 0 Å². The monoisotopic (exact) mass is 326 g/mol. The number of hydrogen-bond acceptors (Lipinski definition) is 2. The van der Waals surface area contributed by atoms with E-state index in [4.69, 9.17) is 21.1 Å². The van der Waals surface area contributed by atoms with E-state index in [1.54, 1.807) is 7.11 Å². The van der Waals surface area contributed by atoms with Crippen LogP contribution in [0.2, 0.25) is 5.02 Å². The van der Waals surface area contributed by atoms with Gasteiger partial charge in [0.15, 0.2) is 11.5 Å². The molecule has 0 heterocycles. The Bertz CT molecular complexity index is 457. The molecule has 1 saturated carbocycles. The quantitative estimate of drug-likeness (QED) is 0.859. The number of quaternary nitrogens is 1. The molecule has 0 amide bonds. The Balaban J connectivity index is 1.99. The van der Waals surface area contributed by atoms with E-state index in [-0.39, 0.29) is 0 Å². The highest BCUT2D eigenvalue weighted by Crippen LogP contribution is 2.36. The van der Waals surface area contributed by atoms with E-state index in [9.17, 15) is 0 Å². The van der Waals surface area contributed by atoms with Crippen molar-refractivity contribution < 1.29 is 14.8 Å². The van der Waals surface area contributed by atoms with E-state index in [0.717, 1.165) is 18.3 Å². The van der Waals surface area contributed by atoms with Gasteiger partial charge in [-0.2, -0.15) is 0 Å². The van der Waals surface area contributed by atoms with Crippen LogP contribution in [-0.4, -0.2) is 19.8 Å². The predicted octanol–water partition coefficient (Wildman–Crippen LogP) is 3.92. The molecule has 0 aliphatic heterocycles. The van der Waals surface area contributed by atoms with E-state index < -0.39 is 0 Å². The molecule has 0 radical (unpaired) electrons. The Kier molecular flexibility index (Phi) is 7.34. The van der Waals surface area contributed by atoms with E-state index in [1.165, 1.54) is 50.5 Å². The van der Waals surface area contributed by atoms with E-state index in [1.807, 2.05) is 13.0 Å². The minimum absolute atomic E-state index is 0.614. The van der Waals surface area contributed by atoms with Crippen LogP contribution in [0.4, 0.5) is 0 Å². The van der Waals surface area contributed by atoms with Crippen molar-refractivity contribution in [1.29, 1.82) is 0 Å². The second kappa shape index (κ2) is 9.26. The molecule has 1 aromatic carbocycles. The van der Waals surface area contributed by atoms with Gasteiger partial charge in [0.05, 0.1) is 24.8 Å². The molecule has 1 aliphatic carbocycles. The van der Waals surface area contributed by atoms with E-state index >= 15 is 0 Å². The van der Waals surface area contributed by atoms with Crippen LogP contribution >= 0.6 is 11.6 Å². The minimum atomic E-state index is 0.614. The highest BCUT2D eigenvalue weighted by atomic mass is 35.5. The molecule has 4 heteroatoms. The van der Waals surface area contributed by atoms with Crippen LogP contribution in [0.25, 0.3) is 0 Å². The maximum absolute atomic E-state index is 6.32. The fraction of sp³-hybridized carbons (Fsp3) is 0.667. The maximum Gasteiger partial charge on any atom is 0.179 e. The highest BCUT2D eigenvalue weighted by molar-refractivity contribution is 6.32. The maximum atomic E-state index is 6.32. The number of rotatable bonds is 6. The zero-order valence-corrected chi connectivity index (χ0v) is 14.6. The van der Waals surface area contributed by atoms with Crippen molar-refractivity contribution in [2.75, 3.05) is 13.7 Å². The normalized spacial score (nSPS) is 16.9. The Morgan fingerprint density at radius 1 is 1.14 bits per heavy atom.